The zero-order chi connectivity index (χ0) is 19.7. The van der Waals surface area contributed by atoms with Gasteiger partial charge in [0.25, 0.3) is 5.91 Å². The molecule has 0 fully saturated rings. The summed E-state index contributed by atoms with van der Waals surface area (Å²) in [6.45, 7) is 6.09. The van der Waals surface area contributed by atoms with Gasteiger partial charge in [0.1, 0.15) is 5.69 Å². The molecule has 0 aliphatic carbocycles. The fourth-order valence-corrected chi connectivity index (χ4v) is 3.17. The zero-order valence-electron chi connectivity index (χ0n) is 16.0. The number of rotatable bonds is 4. The van der Waals surface area contributed by atoms with Crippen LogP contribution < -0.4 is 5.32 Å². The van der Waals surface area contributed by atoms with Gasteiger partial charge in [-0.3, -0.25) is 14.8 Å². The monoisotopic (exact) mass is 372 g/mol. The largest absolute Gasteiger partial charge is 0.359 e. The number of carbonyl (C=O) groups is 1. The third kappa shape index (κ3) is 3.36. The van der Waals surface area contributed by atoms with Crippen molar-refractivity contribution in [3.05, 3.63) is 76.8 Å². The molecule has 0 radical (unpaired) electrons. The van der Waals surface area contributed by atoms with Crippen LogP contribution in [-0.2, 0) is 6.54 Å². The Morgan fingerprint density at radius 3 is 2.71 bits per heavy atom. The van der Waals surface area contributed by atoms with Crippen LogP contribution >= 0.6 is 0 Å². The van der Waals surface area contributed by atoms with Crippen LogP contribution in [0.25, 0.3) is 22.3 Å². The fourth-order valence-electron chi connectivity index (χ4n) is 3.17. The highest BCUT2D eigenvalue weighted by Gasteiger charge is 2.17. The Kier molecular flexibility index (Phi) is 4.61. The van der Waals surface area contributed by atoms with Crippen molar-refractivity contribution in [1.82, 2.24) is 20.4 Å². The van der Waals surface area contributed by atoms with E-state index in [-0.39, 0.29) is 12.5 Å². The van der Waals surface area contributed by atoms with E-state index in [2.05, 4.69) is 20.4 Å². The average Bonchev–Trinajstić information content (AvgIpc) is 3.17. The number of nitrogens with zero attached hydrogens (tertiary/aromatic N) is 3. The maximum Gasteiger partial charge on any atom is 0.252 e. The first-order chi connectivity index (χ1) is 13.5. The molecule has 1 amide bonds. The maximum absolute atomic E-state index is 13.0. The number of aromatic nitrogens is 3. The normalized spacial score (nSPS) is 11.0. The standard InChI is InChI=1S/C22H20N4O2/c1-13-7-8-18-17(10-13)21(14(2)15(3)25-18)22(27)24-12-16-11-20(26-28-16)19-6-4-5-9-23-19/h4-11H,12H2,1-3H3,(H,24,27). The lowest BCUT2D eigenvalue weighted by atomic mass is 9.99. The molecule has 0 bridgehead atoms. The number of carbonyl (C=O) groups excluding carboxylic acids is 1. The molecule has 1 aromatic carbocycles. The number of hydrogen-bond donors (Lipinski definition) is 1. The highest BCUT2D eigenvalue weighted by atomic mass is 16.5. The molecular weight excluding hydrogens is 352 g/mol. The second kappa shape index (κ2) is 7.23. The smallest absolute Gasteiger partial charge is 0.252 e. The summed E-state index contributed by atoms with van der Waals surface area (Å²) in [5.74, 6) is 0.410. The number of amides is 1. The Bertz CT molecular complexity index is 1170. The predicted octanol–water partition coefficient (Wildman–Crippen LogP) is 4.14. The van der Waals surface area contributed by atoms with Gasteiger partial charge in [-0.25, -0.2) is 0 Å². The lowest BCUT2D eigenvalue weighted by Gasteiger charge is -2.12. The van der Waals surface area contributed by atoms with Crippen molar-refractivity contribution in [2.75, 3.05) is 0 Å². The van der Waals surface area contributed by atoms with E-state index in [9.17, 15) is 4.79 Å². The third-order valence-electron chi connectivity index (χ3n) is 4.76. The molecule has 0 atom stereocenters. The van der Waals surface area contributed by atoms with Crippen LogP contribution in [0.1, 0.15) is 32.9 Å². The SMILES string of the molecule is Cc1ccc2nc(C)c(C)c(C(=O)NCc3cc(-c4ccccn4)no3)c2c1. The molecule has 4 rings (SSSR count). The zero-order valence-corrected chi connectivity index (χ0v) is 16.0. The summed E-state index contributed by atoms with van der Waals surface area (Å²) in [6.07, 6.45) is 1.70. The summed E-state index contributed by atoms with van der Waals surface area (Å²) in [6, 6.07) is 13.3. The van der Waals surface area contributed by atoms with E-state index in [0.717, 1.165) is 33.4 Å². The first-order valence-corrected chi connectivity index (χ1v) is 9.05. The Morgan fingerprint density at radius 2 is 1.93 bits per heavy atom. The molecule has 0 saturated heterocycles. The van der Waals surface area contributed by atoms with E-state index in [1.165, 1.54) is 0 Å². The quantitative estimate of drug-likeness (QED) is 0.582. The van der Waals surface area contributed by atoms with Gasteiger partial charge < -0.3 is 9.84 Å². The number of hydrogen-bond acceptors (Lipinski definition) is 5. The van der Waals surface area contributed by atoms with Crippen molar-refractivity contribution in [2.24, 2.45) is 0 Å². The van der Waals surface area contributed by atoms with Gasteiger partial charge in [-0.2, -0.15) is 0 Å². The summed E-state index contributed by atoms with van der Waals surface area (Å²) in [7, 11) is 0. The lowest BCUT2D eigenvalue weighted by molar-refractivity contribution is 0.0948. The Labute approximate surface area is 162 Å². The van der Waals surface area contributed by atoms with Crippen LogP contribution in [0, 0.1) is 20.8 Å². The Balaban J connectivity index is 1.59. The van der Waals surface area contributed by atoms with E-state index in [1.807, 2.05) is 57.2 Å². The van der Waals surface area contributed by atoms with Gasteiger partial charge in [0, 0.05) is 23.3 Å². The van der Waals surface area contributed by atoms with E-state index in [0.29, 0.717) is 17.0 Å². The van der Waals surface area contributed by atoms with E-state index >= 15 is 0 Å². The number of nitrogens with one attached hydrogen (secondary N) is 1. The van der Waals surface area contributed by atoms with Gasteiger partial charge in [-0.05, 0) is 50.6 Å². The minimum atomic E-state index is -0.158. The summed E-state index contributed by atoms with van der Waals surface area (Å²) in [5, 5.41) is 7.82. The molecule has 1 N–H and O–H groups in total. The van der Waals surface area contributed by atoms with Crippen LogP contribution in [0.5, 0.6) is 0 Å². The van der Waals surface area contributed by atoms with Gasteiger partial charge in [0.2, 0.25) is 0 Å². The summed E-state index contributed by atoms with van der Waals surface area (Å²) < 4.78 is 5.35. The maximum atomic E-state index is 13.0. The second-order valence-electron chi connectivity index (χ2n) is 6.79. The van der Waals surface area contributed by atoms with Crippen molar-refractivity contribution in [3.8, 4) is 11.4 Å². The van der Waals surface area contributed by atoms with Gasteiger partial charge in [0.05, 0.1) is 23.3 Å². The first kappa shape index (κ1) is 17.9. The summed E-state index contributed by atoms with van der Waals surface area (Å²) in [4.78, 5) is 21.8. The van der Waals surface area contributed by atoms with Crippen LogP contribution in [0.4, 0.5) is 0 Å². The first-order valence-electron chi connectivity index (χ1n) is 9.05. The van der Waals surface area contributed by atoms with Gasteiger partial charge in [-0.15, -0.1) is 0 Å². The predicted molar refractivity (Wildman–Crippen MR) is 107 cm³/mol. The summed E-state index contributed by atoms with van der Waals surface area (Å²) >= 11 is 0. The van der Waals surface area contributed by atoms with Crippen LogP contribution in [0.15, 0.2) is 53.2 Å². The third-order valence-corrected chi connectivity index (χ3v) is 4.76. The molecule has 3 aromatic heterocycles. The molecule has 6 heteroatoms. The topological polar surface area (TPSA) is 80.9 Å². The van der Waals surface area contributed by atoms with Crippen molar-refractivity contribution in [1.29, 1.82) is 0 Å². The molecule has 0 aliphatic rings. The minimum absolute atomic E-state index is 0.158. The minimum Gasteiger partial charge on any atom is -0.359 e. The summed E-state index contributed by atoms with van der Waals surface area (Å²) in [5.41, 5.74) is 5.64. The average molecular weight is 372 g/mol. The molecule has 6 nitrogen and oxygen atoms in total. The van der Waals surface area contributed by atoms with Crippen molar-refractivity contribution < 1.29 is 9.32 Å². The highest BCUT2D eigenvalue weighted by molar-refractivity contribution is 6.07. The number of fused-ring (bicyclic) bond motifs is 1. The molecule has 0 spiro atoms. The number of pyridine rings is 2. The molecule has 0 saturated carbocycles. The molecule has 3 heterocycles. The number of aryl methyl sites for hydroxylation is 2. The fraction of sp³-hybridized carbons (Fsp3) is 0.182. The van der Waals surface area contributed by atoms with E-state index in [4.69, 9.17) is 4.52 Å². The second-order valence-corrected chi connectivity index (χ2v) is 6.79. The lowest BCUT2D eigenvalue weighted by Crippen LogP contribution is -2.24. The molecule has 4 aromatic rings. The van der Waals surface area contributed by atoms with Crippen LogP contribution in [-0.4, -0.2) is 21.0 Å². The molecule has 140 valence electrons. The van der Waals surface area contributed by atoms with Gasteiger partial charge in [0.15, 0.2) is 5.76 Å². The van der Waals surface area contributed by atoms with E-state index < -0.39 is 0 Å². The van der Waals surface area contributed by atoms with Crippen molar-refractivity contribution >= 4 is 16.8 Å². The van der Waals surface area contributed by atoms with Crippen molar-refractivity contribution in [3.63, 3.8) is 0 Å². The van der Waals surface area contributed by atoms with Gasteiger partial charge in [-0.1, -0.05) is 22.9 Å². The highest BCUT2D eigenvalue weighted by Crippen LogP contribution is 2.24. The van der Waals surface area contributed by atoms with Crippen LogP contribution in [0.2, 0.25) is 0 Å². The molecule has 28 heavy (non-hydrogen) atoms. The molecule has 0 unspecified atom stereocenters. The van der Waals surface area contributed by atoms with E-state index in [1.54, 1.807) is 12.3 Å². The molecular formula is C22H20N4O2. The number of benzene rings is 1. The Morgan fingerprint density at radius 1 is 1.07 bits per heavy atom. The van der Waals surface area contributed by atoms with Crippen molar-refractivity contribution in [2.45, 2.75) is 27.3 Å². The Hall–Kier alpha value is -3.54. The van der Waals surface area contributed by atoms with Crippen LogP contribution in [0.3, 0.4) is 0 Å². The van der Waals surface area contributed by atoms with Gasteiger partial charge >= 0.3 is 0 Å². The molecule has 0 aliphatic heterocycles.